The molecule has 1 aliphatic rings. The van der Waals surface area contributed by atoms with Crippen LogP contribution in [-0.2, 0) is 14.0 Å². The van der Waals surface area contributed by atoms with Gasteiger partial charge in [0.1, 0.15) is 0 Å². The quantitative estimate of drug-likeness (QED) is 0.345. The van der Waals surface area contributed by atoms with Crippen LogP contribution < -0.4 is 15.7 Å². The van der Waals surface area contributed by atoms with Crippen molar-refractivity contribution >= 4 is 30.6 Å². The Bertz CT molecular complexity index is 993. The minimum Gasteiger partial charge on any atom is -0.481 e. The summed E-state index contributed by atoms with van der Waals surface area (Å²) in [6.45, 7) is 13.2. The summed E-state index contributed by atoms with van der Waals surface area (Å²) in [5.41, 5.74) is 0. The second-order valence-corrected chi connectivity index (χ2v) is 16.4. The first-order valence-corrected chi connectivity index (χ1v) is 16.2. The van der Waals surface area contributed by atoms with E-state index in [0.717, 1.165) is 19.3 Å². The summed E-state index contributed by atoms with van der Waals surface area (Å²) in [5, 5.41) is 15.5. The maximum Gasteiger partial charge on any atom is 0.306 e. The second-order valence-electron chi connectivity index (χ2n) is 12.1. The zero-order valence-electron chi connectivity index (χ0n) is 24.1. The van der Waals surface area contributed by atoms with Gasteiger partial charge in [-0.25, -0.2) is 0 Å². The Morgan fingerprint density at radius 1 is 0.974 bits per heavy atom. The van der Waals surface area contributed by atoms with E-state index >= 15 is 0 Å². The smallest absolute Gasteiger partial charge is 0.306 e. The van der Waals surface area contributed by atoms with Crippen LogP contribution in [0.15, 0.2) is 60.7 Å². The number of rotatable bonds is 12. The zero-order chi connectivity index (χ0) is 27.9. The highest BCUT2D eigenvalue weighted by atomic mass is 28.4. The van der Waals surface area contributed by atoms with Gasteiger partial charge in [0.15, 0.2) is 0 Å². The molecule has 0 saturated heterocycles. The van der Waals surface area contributed by atoms with Crippen LogP contribution in [0, 0.1) is 23.7 Å². The van der Waals surface area contributed by atoms with Gasteiger partial charge >= 0.3 is 5.97 Å². The number of benzene rings is 2. The summed E-state index contributed by atoms with van der Waals surface area (Å²) in [7, 11) is -2.74. The molecule has 0 spiro atoms. The van der Waals surface area contributed by atoms with Gasteiger partial charge in [0.2, 0.25) is 5.91 Å². The summed E-state index contributed by atoms with van der Waals surface area (Å²) in [6, 6.07) is 21.1. The molecule has 2 aromatic rings. The number of carboxylic acids is 1. The number of carbonyl (C=O) groups is 2. The normalized spacial score (nSPS) is 20.9. The maximum atomic E-state index is 12.3. The van der Waals surface area contributed by atoms with E-state index in [0.29, 0.717) is 25.4 Å². The minimum absolute atomic E-state index is 0.0468. The van der Waals surface area contributed by atoms with Gasteiger partial charge in [0, 0.05) is 19.6 Å². The Labute approximate surface area is 230 Å². The molecule has 0 aliphatic heterocycles. The molecular weight excluding hydrogens is 490 g/mol. The Morgan fingerprint density at radius 3 is 1.92 bits per heavy atom. The van der Waals surface area contributed by atoms with E-state index < -0.39 is 20.2 Å². The predicted octanol–water partition coefficient (Wildman–Crippen LogP) is 5.62. The molecule has 0 aromatic heterocycles. The second kappa shape index (κ2) is 13.1. The van der Waals surface area contributed by atoms with Gasteiger partial charge in [-0.2, -0.15) is 0 Å². The minimum atomic E-state index is -2.74. The molecule has 0 radical (unpaired) electrons. The molecule has 5 nitrogen and oxygen atoms in total. The first-order valence-electron chi connectivity index (χ1n) is 14.3. The van der Waals surface area contributed by atoms with E-state index in [9.17, 15) is 14.7 Å². The van der Waals surface area contributed by atoms with E-state index in [1.54, 1.807) is 6.92 Å². The monoisotopic (exact) mass is 537 g/mol. The van der Waals surface area contributed by atoms with Crippen LogP contribution >= 0.6 is 0 Å². The molecule has 1 aliphatic carbocycles. The van der Waals surface area contributed by atoms with E-state index in [1.165, 1.54) is 10.4 Å². The number of hydrogen-bond donors (Lipinski definition) is 2. The fraction of sp³-hybridized carbons (Fsp3) is 0.562. The third-order valence-electron chi connectivity index (χ3n) is 8.68. The largest absolute Gasteiger partial charge is 0.481 e. The summed E-state index contributed by atoms with van der Waals surface area (Å²) < 4.78 is 7.25. The molecule has 2 aromatic carbocycles. The average molecular weight is 538 g/mol. The SMILES string of the molecule is CCC(CC)C[C@H](NC(C)=O)[C@@H]1C[C@@H](C(=O)O)C[C@H]1CO[Si](c1ccccc1)(c1ccccc1)C(C)(C)C. The van der Waals surface area contributed by atoms with E-state index in [4.69, 9.17) is 4.43 Å². The average Bonchev–Trinajstić information content (AvgIpc) is 3.32. The predicted molar refractivity (Wildman–Crippen MR) is 157 cm³/mol. The number of carboxylic acid groups (broad SMARTS) is 1. The molecule has 2 N–H and O–H groups in total. The van der Waals surface area contributed by atoms with Gasteiger partial charge in [-0.15, -0.1) is 0 Å². The Kier molecular flexibility index (Phi) is 10.4. The molecule has 1 fully saturated rings. The number of aliphatic carboxylic acids is 1. The molecule has 0 bridgehead atoms. The van der Waals surface area contributed by atoms with Gasteiger partial charge in [-0.1, -0.05) is 108 Å². The molecule has 3 rings (SSSR count). The highest BCUT2D eigenvalue weighted by Crippen LogP contribution is 2.43. The lowest BCUT2D eigenvalue weighted by Gasteiger charge is -2.44. The summed E-state index contributed by atoms with van der Waals surface area (Å²) in [5.74, 6) is -0.582. The zero-order valence-corrected chi connectivity index (χ0v) is 25.1. The lowest BCUT2D eigenvalue weighted by molar-refractivity contribution is -0.141. The molecule has 0 unspecified atom stereocenters. The number of carbonyl (C=O) groups excluding carboxylic acids is 1. The number of amides is 1. The van der Waals surface area contributed by atoms with Gasteiger partial charge in [0.25, 0.3) is 8.32 Å². The first kappa shape index (κ1) is 30.1. The molecule has 1 amide bonds. The standard InChI is InChI=1S/C32H47NO4Si/c1-7-24(8-2)19-30(33-23(3)34)29-21-25(31(35)36)20-26(29)22-37-38(32(4,5)6,27-15-11-9-12-16-27)28-17-13-10-14-18-28/h9-18,24-26,29-30H,7-8,19-22H2,1-6H3,(H,33,34)(H,35,36)/t25-,26-,29+,30-/m0/s1. The van der Waals surface area contributed by atoms with Crippen molar-refractivity contribution in [3.63, 3.8) is 0 Å². The molecule has 6 heteroatoms. The summed E-state index contributed by atoms with van der Waals surface area (Å²) in [4.78, 5) is 24.4. The van der Waals surface area contributed by atoms with Gasteiger partial charge in [-0.3, -0.25) is 9.59 Å². The van der Waals surface area contributed by atoms with Gasteiger partial charge in [-0.05, 0) is 52.4 Å². The van der Waals surface area contributed by atoms with E-state index in [-0.39, 0.29) is 28.8 Å². The van der Waals surface area contributed by atoms with E-state index in [1.807, 2.05) is 12.1 Å². The van der Waals surface area contributed by atoms with Crippen molar-refractivity contribution in [2.45, 2.75) is 84.7 Å². The molecule has 208 valence electrons. The summed E-state index contributed by atoms with van der Waals surface area (Å²) >= 11 is 0. The first-order chi connectivity index (χ1) is 18.0. The van der Waals surface area contributed by atoms with Crippen LogP contribution in [0.25, 0.3) is 0 Å². The summed E-state index contributed by atoms with van der Waals surface area (Å²) in [6.07, 6.45) is 4.13. The Morgan fingerprint density at radius 2 is 1.50 bits per heavy atom. The van der Waals surface area contributed by atoms with Crippen molar-refractivity contribution in [2.75, 3.05) is 6.61 Å². The lowest BCUT2D eigenvalue weighted by Crippen LogP contribution is -2.67. The van der Waals surface area contributed by atoms with Crippen molar-refractivity contribution in [2.24, 2.45) is 23.7 Å². The van der Waals surface area contributed by atoms with Crippen LogP contribution in [-0.4, -0.2) is 37.9 Å². The van der Waals surface area contributed by atoms with Crippen molar-refractivity contribution in [3.8, 4) is 0 Å². The van der Waals surface area contributed by atoms with Crippen LogP contribution in [0.4, 0.5) is 0 Å². The highest BCUT2D eigenvalue weighted by Gasteiger charge is 2.51. The molecule has 1 saturated carbocycles. The fourth-order valence-corrected chi connectivity index (χ4v) is 11.2. The Balaban J connectivity index is 2.02. The van der Waals surface area contributed by atoms with Crippen LogP contribution in [0.2, 0.25) is 5.04 Å². The van der Waals surface area contributed by atoms with Crippen molar-refractivity contribution in [1.82, 2.24) is 5.32 Å². The maximum absolute atomic E-state index is 12.3. The van der Waals surface area contributed by atoms with Crippen molar-refractivity contribution in [1.29, 1.82) is 0 Å². The fourth-order valence-electron chi connectivity index (χ4n) is 6.62. The van der Waals surface area contributed by atoms with Crippen LogP contribution in [0.5, 0.6) is 0 Å². The molecule has 4 atom stereocenters. The van der Waals surface area contributed by atoms with Crippen molar-refractivity contribution in [3.05, 3.63) is 60.7 Å². The number of hydrogen-bond acceptors (Lipinski definition) is 3. The topological polar surface area (TPSA) is 75.6 Å². The highest BCUT2D eigenvalue weighted by molar-refractivity contribution is 6.99. The Hall–Kier alpha value is -2.44. The van der Waals surface area contributed by atoms with Crippen LogP contribution in [0.3, 0.4) is 0 Å². The van der Waals surface area contributed by atoms with Gasteiger partial charge in [0.05, 0.1) is 5.92 Å². The molecule has 0 heterocycles. The lowest BCUT2D eigenvalue weighted by atomic mass is 9.82. The number of nitrogens with one attached hydrogen (secondary N) is 1. The third-order valence-corrected chi connectivity index (χ3v) is 13.7. The van der Waals surface area contributed by atoms with E-state index in [2.05, 4.69) is 88.5 Å². The van der Waals surface area contributed by atoms with Crippen LogP contribution in [0.1, 0.15) is 73.6 Å². The third kappa shape index (κ3) is 6.76. The van der Waals surface area contributed by atoms with Gasteiger partial charge < -0.3 is 14.8 Å². The van der Waals surface area contributed by atoms with Crippen molar-refractivity contribution < 1.29 is 19.1 Å². The molecular formula is C32H47NO4Si. The molecule has 38 heavy (non-hydrogen) atoms.